The monoisotopic (exact) mass is 212 g/mol. The third-order valence-electron chi connectivity index (χ3n) is 1.96. The van der Waals surface area contributed by atoms with Crippen molar-refractivity contribution in [1.29, 1.82) is 0 Å². The molecule has 78 valence electrons. The van der Waals surface area contributed by atoms with E-state index in [4.69, 9.17) is 5.73 Å². The van der Waals surface area contributed by atoms with E-state index < -0.39 is 0 Å². The van der Waals surface area contributed by atoms with Crippen molar-refractivity contribution < 1.29 is 4.39 Å². The smallest absolute Gasteiger partial charge is 0.124 e. The van der Waals surface area contributed by atoms with E-state index in [2.05, 4.69) is 16.8 Å². The molecule has 0 atom stereocenters. The molecule has 0 saturated carbocycles. The van der Waals surface area contributed by atoms with Gasteiger partial charge in [0.25, 0.3) is 0 Å². The molecule has 1 aromatic heterocycles. The third kappa shape index (κ3) is 2.58. The second-order valence-electron chi connectivity index (χ2n) is 3.23. The average Bonchev–Trinajstić information content (AvgIpc) is 2.27. The second kappa shape index (κ2) is 4.45. The lowest BCUT2D eigenvalue weighted by Crippen LogP contribution is -1.89. The van der Waals surface area contributed by atoms with Gasteiger partial charge in [-0.3, -0.25) is 0 Å². The number of hydrogen-bond donors (Lipinski definition) is 1. The summed E-state index contributed by atoms with van der Waals surface area (Å²) >= 11 is 0. The van der Waals surface area contributed by atoms with E-state index in [1.165, 1.54) is 12.1 Å². The molecule has 1 aromatic carbocycles. The zero-order chi connectivity index (χ0) is 11.4. The molecule has 0 unspecified atom stereocenters. The van der Waals surface area contributed by atoms with Gasteiger partial charge in [-0.25, -0.2) is 9.37 Å². The summed E-state index contributed by atoms with van der Waals surface area (Å²) in [6.07, 6.45) is 1.59. The first-order valence-corrected chi connectivity index (χ1v) is 4.73. The first-order valence-electron chi connectivity index (χ1n) is 4.73. The normalized spacial score (nSPS) is 9.31. The lowest BCUT2D eigenvalue weighted by atomic mass is 10.2. The van der Waals surface area contributed by atoms with Crippen molar-refractivity contribution >= 4 is 5.82 Å². The van der Waals surface area contributed by atoms with Gasteiger partial charge in [0.1, 0.15) is 11.6 Å². The number of nitrogens with zero attached hydrogens (tertiary/aromatic N) is 1. The van der Waals surface area contributed by atoms with Crippen LogP contribution in [0.5, 0.6) is 0 Å². The Bertz CT molecular complexity index is 518. The van der Waals surface area contributed by atoms with Gasteiger partial charge in [0.2, 0.25) is 0 Å². The van der Waals surface area contributed by atoms with E-state index in [9.17, 15) is 4.39 Å². The van der Waals surface area contributed by atoms with E-state index in [1.54, 1.807) is 30.5 Å². The largest absolute Gasteiger partial charge is 0.384 e. The van der Waals surface area contributed by atoms with Gasteiger partial charge in [0, 0.05) is 17.3 Å². The Morgan fingerprint density at radius 2 is 1.81 bits per heavy atom. The summed E-state index contributed by atoms with van der Waals surface area (Å²) in [5.41, 5.74) is 6.91. The summed E-state index contributed by atoms with van der Waals surface area (Å²) < 4.78 is 12.9. The van der Waals surface area contributed by atoms with Crippen molar-refractivity contribution in [2.75, 3.05) is 5.73 Å². The molecular formula is C13H9FN2. The predicted molar refractivity (Wildman–Crippen MR) is 61.0 cm³/mol. The summed E-state index contributed by atoms with van der Waals surface area (Å²) in [6, 6.07) is 9.57. The fourth-order valence-corrected chi connectivity index (χ4v) is 1.24. The first kappa shape index (κ1) is 10.2. The highest BCUT2D eigenvalue weighted by Crippen LogP contribution is 2.04. The molecular weight excluding hydrogens is 203 g/mol. The molecule has 0 saturated heterocycles. The second-order valence-corrected chi connectivity index (χ2v) is 3.23. The Kier molecular flexibility index (Phi) is 2.84. The van der Waals surface area contributed by atoms with Gasteiger partial charge in [-0.15, -0.1) is 0 Å². The summed E-state index contributed by atoms with van der Waals surface area (Å²) in [7, 11) is 0. The highest BCUT2D eigenvalue weighted by atomic mass is 19.1. The molecule has 3 heteroatoms. The van der Waals surface area contributed by atoms with Gasteiger partial charge in [-0.05, 0) is 30.3 Å². The first-order chi connectivity index (χ1) is 7.74. The maximum atomic E-state index is 12.9. The molecule has 2 aromatic rings. The summed E-state index contributed by atoms with van der Waals surface area (Å²) in [5.74, 6) is 5.88. The number of benzene rings is 1. The fourth-order valence-electron chi connectivity index (χ4n) is 1.24. The van der Waals surface area contributed by atoms with Crippen LogP contribution in [0.25, 0.3) is 0 Å². The van der Waals surface area contributed by atoms with Crippen molar-refractivity contribution in [3.8, 4) is 11.8 Å². The highest BCUT2D eigenvalue weighted by Gasteiger charge is 1.91. The standard InChI is InChI=1S/C13H9FN2/c14-12-3-1-2-10(8-12)4-5-11-6-7-16-13(15)9-11/h1-3,6-9H,(H2,15,16). The van der Waals surface area contributed by atoms with Crippen LogP contribution < -0.4 is 5.73 Å². The molecule has 0 aliphatic carbocycles. The quantitative estimate of drug-likeness (QED) is 0.680. The van der Waals surface area contributed by atoms with Crippen molar-refractivity contribution in [3.63, 3.8) is 0 Å². The summed E-state index contributed by atoms with van der Waals surface area (Å²) in [4.78, 5) is 3.86. The van der Waals surface area contributed by atoms with Crippen LogP contribution in [0.3, 0.4) is 0 Å². The van der Waals surface area contributed by atoms with Crippen LogP contribution in [0, 0.1) is 17.7 Å². The molecule has 16 heavy (non-hydrogen) atoms. The van der Waals surface area contributed by atoms with Crippen molar-refractivity contribution in [2.24, 2.45) is 0 Å². The van der Waals surface area contributed by atoms with E-state index >= 15 is 0 Å². The van der Waals surface area contributed by atoms with Gasteiger partial charge < -0.3 is 5.73 Å². The van der Waals surface area contributed by atoms with Crippen molar-refractivity contribution in [3.05, 3.63) is 59.5 Å². The van der Waals surface area contributed by atoms with E-state index in [0.717, 1.165) is 5.56 Å². The molecule has 2 rings (SSSR count). The van der Waals surface area contributed by atoms with E-state index in [1.807, 2.05) is 0 Å². The Labute approximate surface area is 92.9 Å². The average molecular weight is 212 g/mol. The molecule has 0 aliphatic heterocycles. The SMILES string of the molecule is Nc1cc(C#Cc2cccc(F)c2)ccn1. The van der Waals surface area contributed by atoms with Crippen LogP contribution in [0.1, 0.15) is 11.1 Å². The molecule has 0 fully saturated rings. The molecule has 0 radical (unpaired) electrons. The minimum Gasteiger partial charge on any atom is -0.384 e. The van der Waals surface area contributed by atoms with Gasteiger partial charge in [0.05, 0.1) is 0 Å². The summed E-state index contributed by atoms with van der Waals surface area (Å²) in [6.45, 7) is 0. The summed E-state index contributed by atoms with van der Waals surface area (Å²) in [5, 5.41) is 0. The molecule has 2 nitrogen and oxygen atoms in total. The van der Waals surface area contributed by atoms with Crippen LogP contribution in [-0.4, -0.2) is 4.98 Å². The number of nitrogen functional groups attached to an aromatic ring is 1. The Hall–Kier alpha value is -2.34. The third-order valence-corrected chi connectivity index (χ3v) is 1.96. The zero-order valence-electron chi connectivity index (χ0n) is 8.44. The number of halogens is 1. The zero-order valence-corrected chi connectivity index (χ0v) is 8.44. The maximum Gasteiger partial charge on any atom is 0.124 e. The van der Waals surface area contributed by atoms with E-state index in [0.29, 0.717) is 11.4 Å². The molecule has 0 amide bonds. The molecule has 2 N–H and O–H groups in total. The Morgan fingerprint density at radius 3 is 2.50 bits per heavy atom. The van der Waals surface area contributed by atoms with Crippen LogP contribution >= 0.6 is 0 Å². The van der Waals surface area contributed by atoms with Gasteiger partial charge in [-0.2, -0.15) is 0 Å². The van der Waals surface area contributed by atoms with Crippen molar-refractivity contribution in [1.82, 2.24) is 4.98 Å². The molecule has 0 aliphatic rings. The number of anilines is 1. The number of pyridine rings is 1. The minimum atomic E-state index is -0.291. The number of aromatic nitrogens is 1. The molecule has 0 spiro atoms. The minimum absolute atomic E-state index is 0.291. The van der Waals surface area contributed by atoms with Gasteiger partial charge in [0.15, 0.2) is 0 Å². The number of nitrogens with two attached hydrogens (primary N) is 1. The van der Waals surface area contributed by atoms with Crippen LogP contribution in [-0.2, 0) is 0 Å². The van der Waals surface area contributed by atoms with Crippen LogP contribution in [0.4, 0.5) is 10.2 Å². The van der Waals surface area contributed by atoms with Gasteiger partial charge >= 0.3 is 0 Å². The lowest BCUT2D eigenvalue weighted by Gasteiger charge is -1.92. The maximum absolute atomic E-state index is 12.9. The number of rotatable bonds is 0. The van der Waals surface area contributed by atoms with Gasteiger partial charge in [-0.1, -0.05) is 17.9 Å². The molecule has 0 bridgehead atoms. The lowest BCUT2D eigenvalue weighted by molar-refractivity contribution is 0.627. The Morgan fingerprint density at radius 1 is 1.06 bits per heavy atom. The van der Waals surface area contributed by atoms with Crippen molar-refractivity contribution in [2.45, 2.75) is 0 Å². The highest BCUT2D eigenvalue weighted by molar-refractivity contribution is 5.46. The van der Waals surface area contributed by atoms with Crippen LogP contribution in [0.2, 0.25) is 0 Å². The molecule has 1 heterocycles. The predicted octanol–water partition coefficient (Wildman–Crippen LogP) is 2.20. The van der Waals surface area contributed by atoms with E-state index in [-0.39, 0.29) is 5.82 Å². The number of hydrogen-bond acceptors (Lipinski definition) is 2. The van der Waals surface area contributed by atoms with Crippen LogP contribution in [0.15, 0.2) is 42.6 Å². The Balaban J connectivity index is 2.28. The topological polar surface area (TPSA) is 38.9 Å². The fraction of sp³-hybridized carbons (Fsp3) is 0.